The normalized spacial score (nSPS) is 10.4. The summed E-state index contributed by atoms with van der Waals surface area (Å²) < 4.78 is 5.71. The molecule has 2 N–H and O–H groups in total. The van der Waals surface area contributed by atoms with Crippen LogP contribution < -0.4 is 10.5 Å². The Kier molecular flexibility index (Phi) is 5.03. The number of nitrogens with zero attached hydrogens (tertiary/aromatic N) is 3. The molecule has 2 aromatic heterocycles. The number of halogens is 1. The molecule has 0 radical (unpaired) electrons. The van der Waals surface area contributed by atoms with Gasteiger partial charge in [0.15, 0.2) is 0 Å². The third-order valence-corrected chi connectivity index (χ3v) is 3.37. The second-order valence-electron chi connectivity index (χ2n) is 4.32. The van der Waals surface area contributed by atoms with Gasteiger partial charge in [0.05, 0.1) is 22.5 Å². The second-order valence-corrected chi connectivity index (χ2v) is 5.19. The maximum Gasteiger partial charge on any atom is 0.249 e. The van der Waals surface area contributed by atoms with Crippen LogP contribution in [-0.4, -0.2) is 20.2 Å². The fourth-order valence-electron chi connectivity index (χ4n) is 2.04. The fraction of sp³-hybridized carbons (Fsp3) is 0.286. The molecule has 0 aromatic carbocycles. The van der Waals surface area contributed by atoms with E-state index in [1.54, 1.807) is 6.07 Å². The average molecular weight is 323 g/mol. The first-order valence-corrected chi connectivity index (χ1v) is 7.32. The maximum absolute atomic E-state index is 5.89. The summed E-state index contributed by atoms with van der Waals surface area (Å²) in [6, 6.07) is 1.64. The van der Waals surface area contributed by atoms with Crippen molar-refractivity contribution in [2.45, 2.75) is 26.7 Å². The number of aryl methyl sites for hydroxylation is 1. The fourth-order valence-corrected chi connectivity index (χ4v) is 2.41. The topological polar surface area (TPSA) is 73.9 Å². The first-order valence-electron chi connectivity index (χ1n) is 6.53. The highest BCUT2D eigenvalue weighted by molar-refractivity contribution is 7.80. The van der Waals surface area contributed by atoms with E-state index in [0.29, 0.717) is 16.3 Å². The monoisotopic (exact) mass is 322 g/mol. The Labute approximate surface area is 133 Å². The lowest BCUT2D eigenvalue weighted by molar-refractivity contribution is 0.449. The van der Waals surface area contributed by atoms with Crippen molar-refractivity contribution in [3.63, 3.8) is 0 Å². The quantitative estimate of drug-likeness (QED) is 0.853. The van der Waals surface area contributed by atoms with Crippen molar-refractivity contribution < 1.29 is 4.74 Å². The molecule has 0 saturated carbocycles. The van der Waals surface area contributed by atoms with Gasteiger partial charge in [0.25, 0.3) is 0 Å². The molecule has 0 unspecified atom stereocenters. The standard InChI is InChI=1S/C14H15ClN4OS/c1-3-10-11(4-2)18-19-14(12(10)13(16)21)20-9-5-8(15)6-17-7-9/h5-7H,3-4H2,1-2H3,(H2,16,21). The van der Waals surface area contributed by atoms with Crippen molar-refractivity contribution >= 4 is 28.8 Å². The van der Waals surface area contributed by atoms with E-state index in [9.17, 15) is 0 Å². The van der Waals surface area contributed by atoms with Gasteiger partial charge in [-0.25, -0.2) is 0 Å². The van der Waals surface area contributed by atoms with Gasteiger partial charge in [-0.05, 0) is 18.4 Å². The van der Waals surface area contributed by atoms with E-state index < -0.39 is 0 Å². The number of aromatic nitrogens is 3. The van der Waals surface area contributed by atoms with Crippen LogP contribution in [0.3, 0.4) is 0 Å². The molecule has 2 heterocycles. The summed E-state index contributed by atoms with van der Waals surface area (Å²) >= 11 is 11.0. The Hall–Kier alpha value is -1.79. The minimum absolute atomic E-state index is 0.237. The molecule has 5 nitrogen and oxygen atoms in total. The molecular formula is C14H15ClN4OS. The van der Waals surface area contributed by atoms with E-state index >= 15 is 0 Å². The van der Waals surface area contributed by atoms with Crippen molar-refractivity contribution in [2.75, 3.05) is 0 Å². The zero-order chi connectivity index (χ0) is 15.4. The first-order chi connectivity index (χ1) is 10.1. The van der Waals surface area contributed by atoms with E-state index in [2.05, 4.69) is 15.2 Å². The van der Waals surface area contributed by atoms with Crippen LogP contribution in [0.5, 0.6) is 11.6 Å². The van der Waals surface area contributed by atoms with E-state index in [-0.39, 0.29) is 10.9 Å². The molecule has 21 heavy (non-hydrogen) atoms. The second kappa shape index (κ2) is 6.78. The third kappa shape index (κ3) is 3.46. The summed E-state index contributed by atoms with van der Waals surface area (Å²) in [7, 11) is 0. The number of nitrogens with two attached hydrogens (primary N) is 1. The number of ether oxygens (including phenoxy) is 1. The lowest BCUT2D eigenvalue weighted by Crippen LogP contribution is -2.17. The molecule has 0 bridgehead atoms. The first kappa shape index (κ1) is 15.6. The van der Waals surface area contributed by atoms with Gasteiger partial charge in [-0.1, -0.05) is 37.7 Å². The Bertz CT molecular complexity index is 678. The van der Waals surface area contributed by atoms with Gasteiger partial charge in [-0.15, -0.1) is 5.10 Å². The molecule has 2 rings (SSSR count). The van der Waals surface area contributed by atoms with E-state index in [1.165, 1.54) is 12.4 Å². The number of rotatable bonds is 5. The molecule has 0 saturated heterocycles. The largest absolute Gasteiger partial charge is 0.435 e. The molecule has 110 valence electrons. The Morgan fingerprint density at radius 3 is 2.62 bits per heavy atom. The molecular weight excluding hydrogens is 308 g/mol. The maximum atomic E-state index is 5.89. The lowest BCUT2D eigenvalue weighted by Gasteiger charge is -2.14. The summed E-state index contributed by atoms with van der Waals surface area (Å²) in [5.74, 6) is 0.737. The summed E-state index contributed by atoms with van der Waals surface area (Å²) in [5.41, 5.74) is 8.30. The van der Waals surface area contributed by atoms with Gasteiger partial charge in [-0.3, -0.25) is 4.98 Å². The molecule has 0 atom stereocenters. The van der Waals surface area contributed by atoms with Crippen LogP contribution in [0.15, 0.2) is 18.5 Å². The molecule has 0 aliphatic heterocycles. The Morgan fingerprint density at radius 1 is 1.29 bits per heavy atom. The molecule has 7 heteroatoms. The van der Waals surface area contributed by atoms with Gasteiger partial charge >= 0.3 is 0 Å². The molecule has 0 aliphatic rings. The minimum Gasteiger partial charge on any atom is -0.435 e. The Morgan fingerprint density at radius 2 is 2.05 bits per heavy atom. The minimum atomic E-state index is 0.237. The van der Waals surface area contributed by atoms with Crippen molar-refractivity contribution in [1.29, 1.82) is 0 Å². The third-order valence-electron chi connectivity index (χ3n) is 2.95. The summed E-state index contributed by atoms with van der Waals surface area (Å²) in [6.07, 6.45) is 4.56. The summed E-state index contributed by atoms with van der Waals surface area (Å²) in [6.45, 7) is 4.02. The molecule has 2 aromatic rings. The molecule has 0 amide bonds. The highest BCUT2D eigenvalue weighted by Crippen LogP contribution is 2.27. The van der Waals surface area contributed by atoms with Gasteiger partial charge in [-0.2, -0.15) is 5.10 Å². The van der Waals surface area contributed by atoms with Gasteiger partial charge in [0.1, 0.15) is 10.7 Å². The van der Waals surface area contributed by atoms with Crippen LogP contribution in [0.25, 0.3) is 0 Å². The zero-order valence-electron chi connectivity index (χ0n) is 11.8. The van der Waals surface area contributed by atoms with Crippen LogP contribution in [0.4, 0.5) is 0 Å². The van der Waals surface area contributed by atoms with E-state index in [1.807, 2.05) is 13.8 Å². The zero-order valence-corrected chi connectivity index (χ0v) is 13.3. The number of thiocarbonyl (C=S) groups is 1. The molecule has 0 fully saturated rings. The van der Waals surface area contributed by atoms with E-state index in [0.717, 1.165) is 24.1 Å². The van der Waals surface area contributed by atoms with Crippen molar-refractivity contribution in [2.24, 2.45) is 5.73 Å². The van der Waals surface area contributed by atoms with Gasteiger partial charge in [0, 0.05) is 12.3 Å². The number of hydrogen-bond donors (Lipinski definition) is 1. The van der Waals surface area contributed by atoms with Crippen LogP contribution in [0, 0.1) is 0 Å². The van der Waals surface area contributed by atoms with Crippen molar-refractivity contribution in [1.82, 2.24) is 15.2 Å². The van der Waals surface area contributed by atoms with Gasteiger partial charge < -0.3 is 10.5 Å². The Balaban J connectivity index is 2.50. The van der Waals surface area contributed by atoms with Crippen LogP contribution in [-0.2, 0) is 12.8 Å². The summed E-state index contributed by atoms with van der Waals surface area (Å²) in [5, 5.41) is 8.75. The average Bonchev–Trinajstić information content (AvgIpc) is 2.46. The van der Waals surface area contributed by atoms with Crippen molar-refractivity contribution in [3.8, 4) is 11.6 Å². The highest BCUT2D eigenvalue weighted by Gasteiger charge is 2.18. The van der Waals surface area contributed by atoms with Crippen LogP contribution in [0.2, 0.25) is 5.02 Å². The number of hydrogen-bond acceptors (Lipinski definition) is 5. The molecule has 0 spiro atoms. The SMILES string of the molecule is CCc1nnc(Oc2cncc(Cl)c2)c(C(N)=S)c1CC. The lowest BCUT2D eigenvalue weighted by atomic mass is 10.0. The van der Waals surface area contributed by atoms with Crippen LogP contribution in [0.1, 0.15) is 30.7 Å². The van der Waals surface area contributed by atoms with E-state index in [4.69, 9.17) is 34.3 Å². The summed E-state index contributed by atoms with van der Waals surface area (Å²) in [4.78, 5) is 4.20. The van der Waals surface area contributed by atoms with Crippen molar-refractivity contribution in [3.05, 3.63) is 40.3 Å². The molecule has 0 aliphatic carbocycles. The smallest absolute Gasteiger partial charge is 0.249 e. The predicted octanol–water partition coefficient (Wildman–Crippen LogP) is 3.08. The van der Waals surface area contributed by atoms with Gasteiger partial charge in [0.2, 0.25) is 5.88 Å². The number of pyridine rings is 1. The van der Waals surface area contributed by atoms with Crippen LogP contribution >= 0.6 is 23.8 Å². The predicted molar refractivity (Wildman–Crippen MR) is 86.0 cm³/mol. The highest BCUT2D eigenvalue weighted by atomic mass is 35.5.